The molecule has 2 aromatic rings. The topological polar surface area (TPSA) is 126 Å². The van der Waals surface area contributed by atoms with Crippen molar-refractivity contribution in [2.24, 2.45) is 5.92 Å². The highest BCUT2D eigenvalue weighted by Crippen LogP contribution is 2.38. The molecule has 0 aliphatic carbocycles. The molecule has 0 fully saturated rings. The normalized spacial score (nSPS) is 11.6. The average molecular weight is 1320 g/mol. The summed E-state index contributed by atoms with van der Waals surface area (Å²) in [6.07, 6.45) is 0.362. The number of halogens is 10. The van der Waals surface area contributed by atoms with E-state index < -0.39 is 32.8 Å². The van der Waals surface area contributed by atoms with Gasteiger partial charge in [-0.15, -0.1) is 0 Å². The molecule has 0 bridgehead atoms. The lowest BCUT2D eigenvalue weighted by Gasteiger charge is -2.18. The maximum atomic E-state index is 12.9. The second-order valence-corrected chi connectivity index (χ2v) is 16.0. The standard InChI is InChI=1S/C23H12Cl4I6N2O6/c1-5(4-7(37)35-19-16(32)10(22(26)40)13(29)11(17(19)33)23(27)41)2-3-6(36)34-18-14(30)8(20(24)38)12(28)9(15(18)31)21(25)39/h5H,2-4H2,1H3,(H,34,36)(H,35,37). The minimum Gasteiger partial charge on any atom is -0.324 e. The van der Waals surface area contributed by atoms with Crippen LogP contribution < -0.4 is 10.6 Å². The van der Waals surface area contributed by atoms with Crippen molar-refractivity contribution >= 4 is 226 Å². The number of nitrogens with one attached hydrogen (secondary N) is 2. The molecule has 0 radical (unpaired) electrons. The van der Waals surface area contributed by atoms with Crippen LogP contribution in [0.15, 0.2) is 0 Å². The number of carbonyl (C=O) groups is 6. The molecule has 18 heteroatoms. The van der Waals surface area contributed by atoms with Gasteiger partial charge in [0.2, 0.25) is 11.8 Å². The molecule has 0 spiro atoms. The van der Waals surface area contributed by atoms with Crippen molar-refractivity contribution in [3.63, 3.8) is 0 Å². The third-order valence-electron chi connectivity index (χ3n) is 5.35. The molecule has 2 aromatic carbocycles. The molecule has 0 saturated heterocycles. The fourth-order valence-electron chi connectivity index (χ4n) is 3.43. The third-order valence-corrected chi connectivity index (χ3v) is 12.6. The highest BCUT2D eigenvalue weighted by molar-refractivity contribution is 14.1. The summed E-state index contributed by atoms with van der Waals surface area (Å²) in [5.74, 6) is -1.07. The van der Waals surface area contributed by atoms with E-state index in [9.17, 15) is 28.8 Å². The molecular weight excluding hydrogens is 1300 g/mol. The van der Waals surface area contributed by atoms with Crippen molar-refractivity contribution in [3.05, 3.63) is 43.7 Å². The van der Waals surface area contributed by atoms with Gasteiger partial charge >= 0.3 is 0 Å². The summed E-state index contributed by atoms with van der Waals surface area (Å²) in [7, 11) is 0. The van der Waals surface area contributed by atoms with Crippen LogP contribution in [0.5, 0.6) is 0 Å². The Labute approximate surface area is 335 Å². The molecule has 8 nitrogen and oxygen atoms in total. The van der Waals surface area contributed by atoms with E-state index in [0.29, 0.717) is 20.7 Å². The summed E-state index contributed by atoms with van der Waals surface area (Å²) in [6, 6.07) is 0. The minimum absolute atomic E-state index is 0.0220. The summed E-state index contributed by atoms with van der Waals surface area (Å²) in [5.41, 5.74) is 0.746. The first-order valence-electron chi connectivity index (χ1n) is 10.7. The lowest BCUT2D eigenvalue weighted by molar-refractivity contribution is -0.118. The first-order valence-corrected chi connectivity index (χ1v) is 18.7. The first-order chi connectivity index (χ1) is 18.9. The number of anilines is 2. The SMILES string of the molecule is CC(CCC(=O)Nc1c(I)c(C(=O)Cl)c(I)c(C(=O)Cl)c1I)CC(=O)Nc1c(I)c(C(=O)Cl)c(I)c(C(=O)Cl)c1I. The smallest absolute Gasteiger partial charge is 0.254 e. The number of carbonyl (C=O) groups excluding carboxylic acids is 6. The molecule has 2 N–H and O–H groups in total. The molecule has 0 heterocycles. The molecule has 220 valence electrons. The van der Waals surface area contributed by atoms with Gasteiger partial charge in [-0.3, -0.25) is 28.8 Å². The quantitative estimate of drug-likeness (QED) is 0.171. The van der Waals surface area contributed by atoms with E-state index in [1.807, 2.05) is 136 Å². The molecule has 0 aromatic heterocycles. The molecule has 2 amide bonds. The van der Waals surface area contributed by atoms with E-state index in [2.05, 4.69) is 10.6 Å². The number of amides is 2. The lowest BCUT2D eigenvalue weighted by Crippen LogP contribution is -2.21. The predicted molar refractivity (Wildman–Crippen MR) is 210 cm³/mol. The van der Waals surface area contributed by atoms with Crippen LogP contribution in [0, 0.1) is 27.3 Å². The third kappa shape index (κ3) is 9.56. The van der Waals surface area contributed by atoms with Gasteiger partial charge in [-0.05, 0) is 194 Å². The van der Waals surface area contributed by atoms with Gasteiger partial charge < -0.3 is 10.6 Å². The van der Waals surface area contributed by atoms with Crippen molar-refractivity contribution in [1.29, 1.82) is 0 Å². The Kier molecular flexibility index (Phi) is 16.0. The zero-order chi connectivity index (χ0) is 31.5. The zero-order valence-corrected chi connectivity index (χ0v) is 35.9. The molecule has 1 unspecified atom stereocenters. The maximum absolute atomic E-state index is 12.9. The molecule has 41 heavy (non-hydrogen) atoms. The van der Waals surface area contributed by atoms with Gasteiger partial charge in [-0.25, -0.2) is 0 Å². The number of hydrogen-bond donors (Lipinski definition) is 2. The summed E-state index contributed by atoms with van der Waals surface area (Å²) in [4.78, 5) is 73.8. The molecule has 0 aliphatic rings. The lowest BCUT2D eigenvalue weighted by atomic mass is 10.0. The number of benzene rings is 2. The van der Waals surface area contributed by atoms with Crippen LogP contribution in [-0.4, -0.2) is 32.8 Å². The van der Waals surface area contributed by atoms with Crippen LogP contribution in [0.25, 0.3) is 0 Å². The van der Waals surface area contributed by atoms with Crippen molar-refractivity contribution in [2.45, 2.75) is 26.2 Å². The summed E-state index contributed by atoms with van der Waals surface area (Å²) in [6.45, 7) is 1.78. The van der Waals surface area contributed by atoms with Gasteiger partial charge in [0.05, 0.1) is 47.9 Å². The van der Waals surface area contributed by atoms with Crippen molar-refractivity contribution in [1.82, 2.24) is 0 Å². The highest BCUT2D eigenvalue weighted by Gasteiger charge is 2.29. The number of hydrogen-bond acceptors (Lipinski definition) is 6. The Morgan fingerprint density at radius 2 is 0.854 bits per heavy atom. The van der Waals surface area contributed by atoms with E-state index in [4.69, 9.17) is 46.4 Å². The summed E-state index contributed by atoms with van der Waals surface area (Å²) >= 11 is 34.1. The molecule has 1 atom stereocenters. The van der Waals surface area contributed by atoms with Crippen molar-refractivity contribution in [3.8, 4) is 0 Å². The van der Waals surface area contributed by atoms with Crippen LogP contribution in [0.3, 0.4) is 0 Å². The average Bonchev–Trinajstić information content (AvgIpc) is 2.82. The predicted octanol–water partition coefficient (Wildman–Crippen LogP) is 9.21. The largest absolute Gasteiger partial charge is 0.324 e. The van der Waals surface area contributed by atoms with E-state index >= 15 is 0 Å². The Bertz CT molecular complexity index is 1440. The zero-order valence-electron chi connectivity index (χ0n) is 19.9. The van der Waals surface area contributed by atoms with Gasteiger partial charge in [0.25, 0.3) is 21.0 Å². The fourth-order valence-corrected chi connectivity index (χ4v) is 14.3. The van der Waals surface area contributed by atoms with E-state index in [1.54, 1.807) is 6.92 Å². The maximum Gasteiger partial charge on any atom is 0.254 e. The molecule has 0 aliphatic heterocycles. The van der Waals surface area contributed by atoms with Crippen LogP contribution >= 0.6 is 182 Å². The summed E-state index contributed by atoms with van der Waals surface area (Å²) < 4.78 is 2.04. The Balaban J connectivity index is 2.19. The second-order valence-electron chi connectivity index (χ2n) is 8.17. The minimum atomic E-state index is -0.799. The monoisotopic (exact) mass is 1310 g/mol. The van der Waals surface area contributed by atoms with Crippen LogP contribution in [0.4, 0.5) is 11.4 Å². The molecule has 0 saturated carbocycles. The van der Waals surface area contributed by atoms with Crippen LogP contribution in [-0.2, 0) is 9.59 Å². The first kappa shape index (κ1) is 38.8. The van der Waals surface area contributed by atoms with E-state index in [-0.39, 0.29) is 59.5 Å². The van der Waals surface area contributed by atoms with E-state index in [0.717, 1.165) is 0 Å². The number of rotatable bonds is 11. The van der Waals surface area contributed by atoms with E-state index in [1.165, 1.54) is 0 Å². The fraction of sp³-hybridized carbons (Fsp3) is 0.217. The van der Waals surface area contributed by atoms with Crippen molar-refractivity contribution in [2.75, 3.05) is 10.6 Å². The molecule has 2 rings (SSSR count). The van der Waals surface area contributed by atoms with Crippen LogP contribution in [0.2, 0.25) is 0 Å². The van der Waals surface area contributed by atoms with Gasteiger partial charge in [-0.2, -0.15) is 0 Å². The van der Waals surface area contributed by atoms with Gasteiger partial charge in [0.1, 0.15) is 0 Å². The Morgan fingerprint density at radius 1 is 0.561 bits per heavy atom. The van der Waals surface area contributed by atoms with Crippen molar-refractivity contribution < 1.29 is 28.8 Å². The van der Waals surface area contributed by atoms with Crippen LogP contribution in [0.1, 0.15) is 67.6 Å². The molecular formula is C23H12Cl4I6N2O6. The van der Waals surface area contributed by atoms with Gasteiger partial charge in [0, 0.05) is 20.0 Å². The van der Waals surface area contributed by atoms with Gasteiger partial charge in [0.15, 0.2) is 0 Å². The van der Waals surface area contributed by atoms with Gasteiger partial charge in [-0.1, -0.05) is 6.92 Å². The Hall–Kier alpha value is 1.60. The second kappa shape index (κ2) is 17.0. The summed E-state index contributed by atoms with van der Waals surface area (Å²) in [5, 5.41) is 2.27. The highest BCUT2D eigenvalue weighted by atomic mass is 127. The Morgan fingerprint density at radius 3 is 1.15 bits per heavy atom.